The quantitative estimate of drug-likeness (QED) is 0.239. The molecule has 0 unspecified atom stereocenters. The molecule has 0 aromatic carbocycles. The van der Waals surface area contributed by atoms with Crippen LogP contribution in [0.5, 0.6) is 0 Å². The van der Waals surface area contributed by atoms with Crippen molar-refractivity contribution in [2.75, 3.05) is 7.11 Å². The molecule has 0 saturated carbocycles. The molecule has 0 atom stereocenters. The fraction of sp³-hybridized carbons (Fsp3) is 0.333. The van der Waals surface area contributed by atoms with Gasteiger partial charge in [0, 0.05) is 0 Å². The zero-order chi connectivity index (χ0) is 8.15. The van der Waals surface area contributed by atoms with E-state index in [2.05, 4.69) is 9.39 Å². The Balaban J connectivity index is 0. The molecular formula is C3H6BLiO6. The van der Waals surface area contributed by atoms with Gasteiger partial charge < -0.3 is 19.4 Å². The van der Waals surface area contributed by atoms with E-state index in [0.29, 0.717) is 0 Å². The Bertz CT molecular complexity index is 147. The normalized spacial score (nSPS) is 7.55. The molecule has 0 bridgehead atoms. The summed E-state index contributed by atoms with van der Waals surface area (Å²) in [5.74, 6) is -2.73. The molecule has 8 heteroatoms. The van der Waals surface area contributed by atoms with Crippen LogP contribution in [0.4, 0.5) is 0 Å². The molecule has 0 spiro atoms. The number of esters is 1. The number of ether oxygens (including phenoxy) is 1. The predicted octanol–water partition coefficient (Wildman–Crippen LogP) is -2.98. The van der Waals surface area contributed by atoms with Crippen molar-refractivity contribution in [2.24, 2.45) is 0 Å². The third-order valence-electron chi connectivity index (χ3n) is 0.565. The Morgan fingerprint density at radius 1 is 1.27 bits per heavy atom. The van der Waals surface area contributed by atoms with Gasteiger partial charge in [0.05, 0.1) is 7.11 Å². The van der Waals surface area contributed by atoms with Crippen LogP contribution >= 0.6 is 0 Å². The summed E-state index contributed by atoms with van der Waals surface area (Å²) in [6.45, 7) is 0. The first-order valence-electron chi connectivity index (χ1n) is 2.23. The first-order chi connectivity index (χ1) is 4.57. The average molecular weight is 156 g/mol. The Kier molecular flexibility index (Phi) is 7.46. The monoisotopic (exact) mass is 156 g/mol. The molecular weight excluding hydrogens is 150 g/mol. The van der Waals surface area contributed by atoms with Gasteiger partial charge in [0.1, 0.15) is 0 Å². The van der Waals surface area contributed by atoms with Gasteiger partial charge in [-0.25, -0.2) is 9.59 Å². The Hall–Kier alpha value is -0.478. The van der Waals surface area contributed by atoms with Crippen molar-refractivity contribution >= 4 is 38.1 Å². The van der Waals surface area contributed by atoms with Gasteiger partial charge in [-0.15, -0.1) is 0 Å². The molecule has 0 rings (SSSR count). The summed E-state index contributed by atoms with van der Waals surface area (Å²) in [5, 5.41) is 15.9. The van der Waals surface area contributed by atoms with Crippen molar-refractivity contribution in [1.29, 1.82) is 0 Å². The van der Waals surface area contributed by atoms with Gasteiger partial charge in [-0.1, -0.05) is 0 Å². The van der Waals surface area contributed by atoms with E-state index in [0.717, 1.165) is 7.11 Å². The van der Waals surface area contributed by atoms with E-state index in [1.807, 2.05) is 0 Å². The SMILES string of the molecule is COC(=O)C(=O)OB(O)O.[LiH]. The van der Waals surface area contributed by atoms with Gasteiger partial charge in [-0.3, -0.25) is 0 Å². The van der Waals surface area contributed by atoms with Gasteiger partial charge in [0.2, 0.25) is 0 Å². The predicted molar refractivity (Wildman–Crippen MR) is 35.4 cm³/mol. The number of hydrogen-bond donors (Lipinski definition) is 2. The second-order valence-corrected chi connectivity index (χ2v) is 1.22. The van der Waals surface area contributed by atoms with Crippen molar-refractivity contribution in [3.63, 3.8) is 0 Å². The van der Waals surface area contributed by atoms with Crippen molar-refractivity contribution in [3.8, 4) is 0 Å². The van der Waals surface area contributed by atoms with Crippen LogP contribution in [0.3, 0.4) is 0 Å². The van der Waals surface area contributed by atoms with E-state index in [1.165, 1.54) is 0 Å². The molecule has 0 radical (unpaired) electrons. The third kappa shape index (κ3) is 5.94. The first-order valence-corrected chi connectivity index (χ1v) is 2.23. The summed E-state index contributed by atoms with van der Waals surface area (Å²) in [4.78, 5) is 20.3. The molecule has 0 fully saturated rings. The summed E-state index contributed by atoms with van der Waals surface area (Å²) < 4.78 is 7.48. The molecule has 0 aliphatic rings. The fourth-order valence-corrected chi connectivity index (χ4v) is 0.227. The molecule has 0 saturated heterocycles. The van der Waals surface area contributed by atoms with E-state index in [1.54, 1.807) is 0 Å². The van der Waals surface area contributed by atoms with Crippen LogP contribution in [0, 0.1) is 0 Å². The third-order valence-corrected chi connectivity index (χ3v) is 0.565. The van der Waals surface area contributed by atoms with E-state index in [4.69, 9.17) is 10.0 Å². The number of methoxy groups -OCH3 is 1. The van der Waals surface area contributed by atoms with Gasteiger partial charge in [-0.2, -0.15) is 0 Å². The molecule has 0 heterocycles. The van der Waals surface area contributed by atoms with Crippen LogP contribution in [0.1, 0.15) is 0 Å². The van der Waals surface area contributed by atoms with Gasteiger partial charge in [0.25, 0.3) is 0 Å². The van der Waals surface area contributed by atoms with Gasteiger partial charge >= 0.3 is 38.1 Å². The van der Waals surface area contributed by atoms with Crippen LogP contribution in [0.2, 0.25) is 0 Å². The van der Waals surface area contributed by atoms with E-state index >= 15 is 0 Å². The first kappa shape index (κ1) is 13.1. The number of hydrogen-bond acceptors (Lipinski definition) is 6. The second-order valence-electron chi connectivity index (χ2n) is 1.22. The minimum atomic E-state index is -2.29. The molecule has 2 N–H and O–H groups in total. The minimum absolute atomic E-state index is 0. The van der Waals surface area contributed by atoms with Crippen LogP contribution < -0.4 is 0 Å². The topological polar surface area (TPSA) is 93.1 Å². The summed E-state index contributed by atoms with van der Waals surface area (Å²) >= 11 is 0. The molecule has 0 aliphatic carbocycles. The number of carbonyl (C=O) groups is 2. The van der Waals surface area contributed by atoms with E-state index in [9.17, 15) is 9.59 Å². The maximum absolute atomic E-state index is 10.2. The summed E-state index contributed by atoms with van der Waals surface area (Å²) in [6.07, 6.45) is 0. The fourth-order valence-electron chi connectivity index (χ4n) is 0.227. The summed E-state index contributed by atoms with van der Waals surface area (Å²) in [5.41, 5.74) is 0. The molecule has 6 nitrogen and oxygen atoms in total. The molecule has 0 amide bonds. The zero-order valence-electron chi connectivity index (χ0n) is 5.10. The van der Waals surface area contributed by atoms with Crippen molar-refractivity contribution in [1.82, 2.24) is 0 Å². The Morgan fingerprint density at radius 3 is 2.00 bits per heavy atom. The van der Waals surface area contributed by atoms with Crippen LogP contribution in [0.25, 0.3) is 0 Å². The van der Waals surface area contributed by atoms with Gasteiger partial charge in [0.15, 0.2) is 0 Å². The van der Waals surface area contributed by atoms with Gasteiger partial charge in [-0.05, 0) is 0 Å². The number of carbonyl (C=O) groups excluding carboxylic acids is 2. The molecule has 0 aromatic rings. The zero-order valence-corrected chi connectivity index (χ0v) is 5.10. The summed E-state index contributed by atoms with van der Waals surface area (Å²) in [6, 6.07) is 0. The second kappa shape index (κ2) is 6.25. The molecule has 0 aliphatic heterocycles. The van der Waals surface area contributed by atoms with Crippen LogP contribution in [0.15, 0.2) is 0 Å². The van der Waals surface area contributed by atoms with Crippen molar-refractivity contribution in [2.45, 2.75) is 0 Å². The van der Waals surface area contributed by atoms with Crippen molar-refractivity contribution < 1.29 is 29.0 Å². The summed E-state index contributed by atoms with van der Waals surface area (Å²) in [7, 11) is -1.32. The Labute approximate surface area is 74.8 Å². The number of rotatable bonds is 1. The molecule has 0 aromatic heterocycles. The van der Waals surface area contributed by atoms with Crippen molar-refractivity contribution in [3.05, 3.63) is 0 Å². The average Bonchev–Trinajstić information content (AvgIpc) is 1.85. The maximum atomic E-state index is 10.2. The standard InChI is InChI=1S/C3H5BO6.Li.H/c1-9-2(5)3(6)10-4(7)8;;/h7-8H,1H3;;. The molecule has 11 heavy (non-hydrogen) atoms. The van der Waals surface area contributed by atoms with Crippen LogP contribution in [-0.2, 0) is 19.0 Å². The molecule has 58 valence electrons. The van der Waals surface area contributed by atoms with E-state index < -0.39 is 19.3 Å². The Morgan fingerprint density at radius 2 is 1.73 bits per heavy atom. The van der Waals surface area contributed by atoms with E-state index in [-0.39, 0.29) is 18.9 Å². The van der Waals surface area contributed by atoms with Crippen LogP contribution in [-0.4, -0.2) is 55.3 Å².